The summed E-state index contributed by atoms with van der Waals surface area (Å²) in [7, 11) is 0. The highest BCUT2D eigenvalue weighted by molar-refractivity contribution is 5.35. The predicted molar refractivity (Wildman–Crippen MR) is 77.5 cm³/mol. The van der Waals surface area contributed by atoms with Crippen LogP contribution in [0.5, 0.6) is 0 Å². The second kappa shape index (κ2) is 6.80. The Bertz CT molecular complexity index is 538. The molecule has 0 saturated heterocycles. The first kappa shape index (κ1) is 14.2. The maximum Gasteiger partial charge on any atom is 0.255 e. The fraction of sp³-hybridized carbons (Fsp3) is 0.312. The summed E-state index contributed by atoms with van der Waals surface area (Å²) in [5.41, 5.74) is 3.22. The second-order valence-corrected chi connectivity index (χ2v) is 3.93. The van der Waals surface area contributed by atoms with Crippen molar-refractivity contribution in [3.63, 3.8) is 0 Å². The van der Waals surface area contributed by atoms with E-state index in [0.717, 1.165) is 17.7 Å². The SMILES string of the molecule is CC.CCc1ccn(-c2ccc(C)cc2)c(=O)c1. The third-order valence-corrected chi connectivity index (χ3v) is 2.70. The van der Waals surface area contributed by atoms with Crippen LogP contribution in [-0.2, 0) is 6.42 Å². The van der Waals surface area contributed by atoms with Gasteiger partial charge in [0.1, 0.15) is 0 Å². The Kier molecular flexibility index (Phi) is 5.37. The summed E-state index contributed by atoms with van der Waals surface area (Å²) < 4.78 is 1.67. The molecule has 0 bridgehead atoms. The van der Waals surface area contributed by atoms with Gasteiger partial charge < -0.3 is 0 Å². The first-order chi connectivity index (χ1) is 8.70. The van der Waals surface area contributed by atoms with Crippen LogP contribution in [0.1, 0.15) is 31.9 Å². The van der Waals surface area contributed by atoms with Crippen molar-refractivity contribution in [2.45, 2.75) is 34.1 Å². The quantitative estimate of drug-likeness (QED) is 0.787. The zero-order valence-electron chi connectivity index (χ0n) is 11.6. The molecule has 2 aromatic rings. The van der Waals surface area contributed by atoms with Crippen LogP contribution in [0.25, 0.3) is 5.69 Å². The van der Waals surface area contributed by atoms with Gasteiger partial charge in [0.2, 0.25) is 0 Å². The highest BCUT2D eigenvalue weighted by Crippen LogP contribution is 2.07. The Morgan fingerprint density at radius 1 is 1.06 bits per heavy atom. The van der Waals surface area contributed by atoms with E-state index in [0.29, 0.717) is 0 Å². The monoisotopic (exact) mass is 243 g/mol. The van der Waals surface area contributed by atoms with Crippen molar-refractivity contribution in [2.75, 3.05) is 0 Å². The standard InChI is InChI=1S/C14H15NO.C2H6/c1-3-12-8-9-15(14(16)10-12)13-6-4-11(2)5-7-13;1-2/h4-10H,3H2,1-2H3;1-2H3. The van der Waals surface area contributed by atoms with Gasteiger partial charge in [-0.1, -0.05) is 38.5 Å². The molecule has 0 amide bonds. The van der Waals surface area contributed by atoms with Crippen LogP contribution in [0.15, 0.2) is 47.4 Å². The van der Waals surface area contributed by atoms with Gasteiger partial charge in [0.05, 0.1) is 0 Å². The molecule has 0 unspecified atom stereocenters. The number of aryl methyl sites for hydroxylation is 2. The van der Waals surface area contributed by atoms with Gasteiger partial charge in [-0.05, 0) is 37.1 Å². The molecule has 0 fully saturated rings. The van der Waals surface area contributed by atoms with Gasteiger partial charge in [-0.3, -0.25) is 9.36 Å². The van der Waals surface area contributed by atoms with Crippen LogP contribution in [0.4, 0.5) is 0 Å². The molecular formula is C16H21NO. The van der Waals surface area contributed by atoms with Gasteiger partial charge in [-0.25, -0.2) is 0 Å². The molecule has 0 aliphatic heterocycles. The van der Waals surface area contributed by atoms with Gasteiger partial charge in [0.15, 0.2) is 0 Å². The van der Waals surface area contributed by atoms with Gasteiger partial charge in [0.25, 0.3) is 5.56 Å². The van der Waals surface area contributed by atoms with Gasteiger partial charge in [-0.15, -0.1) is 0 Å². The summed E-state index contributed by atoms with van der Waals surface area (Å²) >= 11 is 0. The molecule has 0 saturated carbocycles. The summed E-state index contributed by atoms with van der Waals surface area (Å²) in [6.07, 6.45) is 2.73. The van der Waals surface area contributed by atoms with Gasteiger partial charge in [-0.2, -0.15) is 0 Å². The first-order valence-corrected chi connectivity index (χ1v) is 6.49. The Morgan fingerprint density at radius 2 is 1.67 bits per heavy atom. The van der Waals surface area contributed by atoms with Gasteiger partial charge >= 0.3 is 0 Å². The third kappa shape index (κ3) is 3.33. The number of pyridine rings is 1. The van der Waals surface area contributed by atoms with E-state index in [1.54, 1.807) is 10.6 Å². The Hall–Kier alpha value is -1.83. The van der Waals surface area contributed by atoms with Crippen LogP contribution in [0.2, 0.25) is 0 Å². The van der Waals surface area contributed by atoms with Crippen molar-refractivity contribution in [1.82, 2.24) is 4.57 Å². The molecule has 0 aliphatic rings. The van der Waals surface area contributed by atoms with Crippen molar-refractivity contribution in [2.24, 2.45) is 0 Å². The van der Waals surface area contributed by atoms with Crippen molar-refractivity contribution < 1.29 is 0 Å². The van der Waals surface area contributed by atoms with Crippen LogP contribution >= 0.6 is 0 Å². The van der Waals surface area contributed by atoms with E-state index in [1.807, 2.05) is 64.2 Å². The zero-order valence-corrected chi connectivity index (χ0v) is 11.6. The largest absolute Gasteiger partial charge is 0.284 e. The van der Waals surface area contributed by atoms with Crippen molar-refractivity contribution in [3.8, 4) is 5.69 Å². The topological polar surface area (TPSA) is 22.0 Å². The number of hydrogen-bond donors (Lipinski definition) is 0. The lowest BCUT2D eigenvalue weighted by molar-refractivity contribution is 0.965. The van der Waals surface area contributed by atoms with E-state index < -0.39 is 0 Å². The van der Waals surface area contributed by atoms with Crippen LogP contribution in [-0.4, -0.2) is 4.57 Å². The molecule has 0 N–H and O–H groups in total. The maximum atomic E-state index is 11.8. The highest BCUT2D eigenvalue weighted by atomic mass is 16.1. The molecule has 1 heterocycles. The maximum absolute atomic E-state index is 11.8. The third-order valence-electron chi connectivity index (χ3n) is 2.70. The lowest BCUT2D eigenvalue weighted by Gasteiger charge is -2.06. The molecule has 2 rings (SSSR count). The average molecular weight is 243 g/mol. The molecule has 2 nitrogen and oxygen atoms in total. The molecule has 0 aliphatic carbocycles. The van der Waals surface area contributed by atoms with E-state index in [4.69, 9.17) is 0 Å². The van der Waals surface area contributed by atoms with Crippen molar-refractivity contribution in [1.29, 1.82) is 0 Å². The van der Waals surface area contributed by atoms with Crippen LogP contribution in [0, 0.1) is 6.92 Å². The molecule has 18 heavy (non-hydrogen) atoms. The number of nitrogens with zero attached hydrogens (tertiary/aromatic N) is 1. The zero-order chi connectivity index (χ0) is 13.5. The predicted octanol–water partition coefficient (Wildman–Crippen LogP) is 3.73. The normalized spacial score (nSPS) is 9.56. The Labute approximate surface area is 109 Å². The summed E-state index contributed by atoms with van der Waals surface area (Å²) in [6, 6.07) is 11.6. The van der Waals surface area contributed by atoms with Crippen molar-refractivity contribution >= 4 is 0 Å². The number of benzene rings is 1. The molecule has 0 atom stereocenters. The molecule has 0 radical (unpaired) electrons. The highest BCUT2D eigenvalue weighted by Gasteiger charge is 1.99. The number of hydrogen-bond acceptors (Lipinski definition) is 1. The van der Waals surface area contributed by atoms with E-state index >= 15 is 0 Å². The fourth-order valence-corrected chi connectivity index (χ4v) is 1.66. The minimum absolute atomic E-state index is 0.0307. The molecule has 1 aromatic carbocycles. The minimum atomic E-state index is 0.0307. The average Bonchev–Trinajstić information content (AvgIpc) is 2.42. The molecular weight excluding hydrogens is 222 g/mol. The van der Waals surface area contributed by atoms with Crippen LogP contribution in [0.3, 0.4) is 0 Å². The fourth-order valence-electron chi connectivity index (χ4n) is 1.66. The molecule has 2 heteroatoms. The van der Waals surface area contributed by atoms with E-state index in [-0.39, 0.29) is 5.56 Å². The van der Waals surface area contributed by atoms with E-state index in [2.05, 4.69) is 0 Å². The lowest BCUT2D eigenvalue weighted by Crippen LogP contribution is -2.16. The Morgan fingerprint density at radius 3 is 2.17 bits per heavy atom. The summed E-state index contributed by atoms with van der Waals surface area (Å²) in [5.74, 6) is 0. The molecule has 96 valence electrons. The lowest BCUT2D eigenvalue weighted by atomic mass is 10.2. The van der Waals surface area contributed by atoms with Crippen molar-refractivity contribution in [3.05, 3.63) is 64.1 Å². The Balaban J connectivity index is 0.000000771. The smallest absolute Gasteiger partial charge is 0.255 e. The summed E-state index contributed by atoms with van der Waals surface area (Å²) in [5, 5.41) is 0. The second-order valence-electron chi connectivity index (χ2n) is 3.93. The first-order valence-electron chi connectivity index (χ1n) is 6.49. The van der Waals surface area contributed by atoms with Crippen LogP contribution < -0.4 is 5.56 Å². The van der Waals surface area contributed by atoms with Gasteiger partial charge in [0, 0.05) is 18.0 Å². The number of aromatic nitrogens is 1. The number of rotatable bonds is 2. The summed E-state index contributed by atoms with van der Waals surface area (Å²) in [4.78, 5) is 11.8. The molecule has 0 spiro atoms. The van der Waals surface area contributed by atoms with E-state index in [9.17, 15) is 4.79 Å². The minimum Gasteiger partial charge on any atom is -0.284 e. The van der Waals surface area contributed by atoms with E-state index in [1.165, 1.54) is 5.56 Å². The summed E-state index contributed by atoms with van der Waals surface area (Å²) in [6.45, 7) is 8.08. The molecule has 1 aromatic heterocycles.